The van der Waals surface area contributed by atoms with Gasteiger partial charge in [0.1, 0.15) is 5.75 Å². The van der Waals surface area contributed by atoms with Crippen LogP contribution in [0.3, 0.4) is 0 Å². The topological polar surface area (TPSA) is 75.7 Å². The number of thioether (sulfide) groups is 1. The molecule has 0 saturated heterocycles. The highest BCUT2D eigenvalue weighted by Crippen LogP contribution is 2.23. The first-order valence-electron chi connectivity index (χ1n) is 9.55. The summed E-state index contributed by atoms with van der Waals surface area (Å²) in [5.41, 5.74) is 2.39. The summed E-state index contributed by atoms with van der Waals surface area (Å²) in [7, 11) is -1.85. The van der Waals surface area contributed by atoms with Crippen LogP contribution in [0.25, 0.3) is 0 Å². The van der Waals surface area contributed by atoms with Crippen molar-refractivity contribution in [2.75, 3.05) is 29.5 Å². The second-order valence-electron chi connectivity index (χ2n) is 6.86. The van der Waals surface area contributed by atoms with E-state index in [9.17, 15) is 13.2 Å². The van der Waals surface area contributed by atoms with Crippen LogP contribution in [0.2, 0.25) is 0 Å². The fourth-order valence-electron chi connectivity index (χ4n) is 2.66. The largest absolute Gasteiger partial charge is 0.484 e. The summed E-state index contributed by atoms with van der Waals surface area (Å²) < 4.78 is 29.8. The molecule has 0 bridgehead atoms. The van der Waals surface area contributed by atoms with Gasteiger partial charge in [-0.05, 0) is 54.1 Å². The Hall–Kier alpha value is -2.97. The minimum absolute atomic E-state index is 0.146. The predicted molar refractivity (Wildman–Crippen MR) is 126 cm³/mol. The number of carbonyl (C=O) groups is 1. The Labute approximate surface area is 187 Å². The molecule has 0 fully saturated rings. The zero-order chi connectivity index (χ0) is 22.3. The number of hydrogen-bond acceptors (Lipinski definition) is 5. The Bertz CT molecular complexity index is 1100. The van der Waals surface area contributed by atoms with E-state index < -0.39 is 10.0 Å². The molecule has 6 nitrogen and oxygen atoms in total. The number of nitrogens with one attached hydrogen (secondary N) is 1. The molecule has 0 unspecified atom stereocenters. The van der Waals surface area contributed by atoms with Crippen molar-refractivity contribution in [3.63, 3.8) is 0 Å². The predicted octanol–water partition coefficient (Wildman–Crippen LogP) is 4.39. The number of ether oxygens (including phenoxy) is 1. The molecule has 3 aromatic rings. The van der Waals surface area contributed by atoms with Crippen LogP contribution in [-0.2, 0) is 20.6 Å². The number of anilines is 2. The van der Waals surface area contributed by atoms with Crippen LogP contribution in [0, 0.1) is 0 Å². The molecule has 0 spiro atoms. The van der Waals surface area contributed by atoms with Crippen LogP contribution < -0.4 is 14.4 Å². The SMILES string of the molecule is CN(c1ccc(OCC(=O)Nc2ccc(CSc3ccccc3)cc2)cc1)S(C)(=O)=O. The summed E-state index contributed by atoms with van der Waals surface area (Å²) in [5, 5.41) is 2.80. The molecule has 0 aliphatic heterocycles. The monoisotopic (exact) mass is 456 g/mol. The third-order valence-corrected chi connectivity index (χ3v) is 6.74. The molecular formula is C23H24N2O4S2. The van der Waals surface area contributed by atoms with E-state index in [1.165, 1.54) is 21.8 Å². The summed E-state index contributed by atoms with van der Waals surface area (Å²) in [6, 6.07) is 24.4. The molecule has 8 heteroatoms. The average Bonchev–Trinajstić information content (AvgIpc) is 2.77. The molecule has 3 aromatic carbocycles. The molecule has 0 aromatic heterocycles. The van der Waals surface area contributed by atoms with Gasteiger partial charge in [0.2, 0.25) is 10.0 Å². The quantitative estimate of drug-likeness (QED) is 0.483. The van der Waals surface area contributed by atoms with Gasteiger partial charge in [-0.25, -0.2) is 8.42 Å². The van der Waals surface area contributed by atoms with Gasteiger partial charge in [0.25, 0.3) is 5.91 Å². The Morgan fingerprint density at radius 1 is 0.968 bits per heavy atom. The smallest absolute Gasteiger partial charge is 0.262 e. The molecule has 31 heavy (non-hydrogen) atoms. The van der Waals surface area contributed by atoms with E-state index in [2.05, 4.69) is 17.4 Å². The minimum atomic E-state index is -3.32. The standard InChI is InChI=1S/C23H24N2O4S2/c1-25(31(2,27)28)20-12-14-21(15-13-20)29-16-23(26)24-19-10-8-18(9-11-19)17-30-22-6-4-3-5-7-22/h3-15H,16-17H2,1-2H3,(H,24,26). The van der Waals surface area contributed by atoms with Crippen molar-refractivity contribution >= 4 is 39.1 Å². The third kappa shape index (κ3) is 7.04. The van der Waals surface area contributed by atoms with Gasteiger partial charge in [0, 0.05) is 23.4 Å². The van der Waals surface area contributed by atoms with Crippen molar-refractivity contribution < 1.29 is 17.9 Å². The zero-order valence-corrected chi connectivity index (χ0v) is 18.9. The number of hydrogen-bond donors (Lipinski definition) is 1. The maximum atomic E-state index is 12.2. The molecule has 162 valence electrons. The summed E-state index contributed by atoms with van der Waals surface area (Å²) in [4.78, 5) is 13.4. The number of benzene rings is 3. The van der Waals surface area contributed by atoms with E-state index in [1.54, 1.807) is 36.0 Å². The third-order valence-electron chi connectivity index (χ3n) is 4.45. The van der Waals surface area contributed by atoms with Crippen molar-refractivity contribution in [1.29, 1.82) is 0 Å². The molecule has 3 rings (SSSR count). The number of amides is 1. The van der Waals surface area contributed by atoms with Crippen molar-refractivity contribution in [1.82, 2.24) is 0 Å². The molecule has 0 aliphatic rings. The Morgan fingerprint density at radius 3 is 2.23 bits per heavy atom. The van der Waals surface area contributed by atoms with Gasteiger partial charge in [-0.3, -0.25) is 9.10 Å². The van der Waals surface area contributed by atoms with Gasteiger partial charge in [0.15, 0.2) is 6.61 Å². The maximum absolute atomic E-state index is 12.2. The van der Waals surface area contributed by atoms with E-state index in [4.69, 9.17) is 4.74 Å². The lowest BCUT2D eigenvalue weighted by Gasteiger charge is -2.16. The number of rotatable bonds is 9. The highest BCUT2D eigenvalue weighted by molar-refractivity contribution is 7.98. The second-order valence-corrected chi connectivity index (χ2v) is 9.92. The molecule has 0 aliphatic carbocycles. The fourth-order valence-corrected chi connectivity index (χ4v) is 4.04. The minimum Gasteiger partial charge on any atom is -0.484 e. The maximum Gasteiger partial charge on any atom is 0.262 e. The summed E-state index contributed by atoms with van der Waals surface area (Å²) in [6.45, 7) is -0.146. The lowest BCUT2D eigenvalue weighted by molar-refractivity contribution is -0.118. The van der Waals surface area contributed by atoms with Crippen LogP contribution in [0.1, 0.15) is 5.56 Å². The van der Waals surface area contributed by atoms with Gasteiger partial charge in [-0.15, -0.1) is 11.8 Å². The van der Waals surface area contributed by atoms with Crippen LogP contribution >= 0.6 is 11.8 Å². The van der Waals surface area contributed by atoms with E-state index in [1.807, 2.05) is 42.5 Å². The number of carbonyl (C=O) groups excluding carboxylic acids is 1. The molecule has 0 radical (unpaired) electrons. The highest BCUT2D eigenvalue weighted by atomic mass is 32.2. The molecule has 0 heterocycles. The van der Waals surface area contributed by atoms with Crippen molar-refractivity contribution in [3.8, 4) is 5.75 Å². The zero-order valence-electron chi connectivity index (χ0n) is 17.3. The van der Waals surface area contributed by atoms with Gasteiger partial charge in [-0.2, -0.15) is 0 Å². The lowest BCUT2D eigenvalue weighted by Crippen LogP contribution is -2.24. The van der Waals surface area contributed by atoms with Crippen LogP contribution in [0.4, 0.5) is 11.4 Å². The first-order chi connectivity index (χ1) is 14.8. The van der Waals surface area contributed by atoms with Gasteiger partial charge in [-0.1, -0.05) is 30.3 Å². The van der Waals surface area contributed by atoms with Crippen molar-refractivity contribution in [2.24, 2.45) is 0 Å². The normalized spacial score (nSPS) is 11.0. The average molecular weight is 457 g/mol. The first kappa shape index (κ1) is 22.7. The molecule has 0 atom stereocenters. The first-order valence-corrected chi connectivity index (χ1v) is 12.4. The Balaban J connectivity index is 1.46. The molecule has 1 amide bonds. The van der Waals surface area contributed by atoms with Crippen molar-refractivity contribution in [3.05, 3.63) is 84.4 Å². The van der Waals surface area contributed by atoms with Crippen molar-refractivity contribution in [2.45, 2.75) is 10.6 Å². The fraction of sp³-hybridized carbons (Fsp3) is 0.174. The van der Waals surface area contributed by atoms with Gasteiger partial charge >= 0.3 is 0 Å². The number of nitrogens with zero attached hydrogens (tertiary/aromatic N) is 1. The van der Waals surface area contributed by atoms with Crippen LogP contribution in [-0.4, -0.2) is 34.2 Å². The Kier molecular flexibility index (Phi) is 7.59. The number of sulfonamides is 1. The lowest BCUT2D eigenvalue weighted by atomic mass is 10.2. The summed E-state index contributed by atoms with van der Waals surface area (Å²) in [6.07, 6.45) is 1.14. The Morgan fingerprint density at radius 2 is 1.61 bits per heavy atom. The molecule has 0 saturated carbocycles. The highest BCUT2D eigenvalue weighted by Gasteiger charge is 2.12. The van der Waals surface area contributed by atoms with E-state index in [-0.39, 0.29) is 12.5 Å². The van der Waals surface area contributed by atoms with Crippen LogP contribution in [0.15, 0.2) is 83.8 Å². The molecule has 1 N–H and O–H groups in total. The van der Waals surface area contributed by atoms with Gasteiger partial charge < -0.3 is 10.1 Å². The van der Waals surface area contributed by atoms with E-state index in [0.717, 1.165) is 12.0 Å². The van der Waals surface area contributed by atoms with Gasteiger partial charge in [0.05, 0.1) is 11.9 Å². The molecular weight excluding hydrogens is 432 g/mol. The van der Waals surface area contributed by atoms with E-state index in [0.29, 0.717) is 17.1 Å². The van der Waals surface area contributed by atoms with Crippen LogP contribution in [0.5, 0.6) is 5.75 Å². The second kappa shape index (κ2) is 10.4. The summed E-state index contributed by atoms with van der Waals surface area (Å²) >= 11 is 1.76. The van der Waals surface area contributed by atoms with E-state index >= 15 is 0 Å². The summed E-state index contributed by atoms with van der Waals surface area (Å²) in [5.74, 6) is 1.06.